The average Bonchev–Trinajstić information content (AvgIpc) is 4.08. The van der Waals surface area contributed by atoms with Gasteiger partial charge in [0, 0.05) is 26.2 Å². The number of rotatable bonds is 11. The van der Waals surface area contributed by atoms with Crippen molar-refractivity contribution in [1.29, 1.82) is 0 Å². The van der Waals surface area contributed by atoms with E-state index in [0.29, 0.717) is 64.7 Å². The van der Waals surface area contributed by atoms with Crippen LogP contribution in [0.15, 0.2) is 60.7 Å². The van der Waals surface area contributed by atoms with Crippen molar-refractivity contribution >= 4 is 54.1 Å². The lowest BCUT2D eigenvalue weighted by Crippen LogP contribution is -2.55. The van der Waals surface area contributed by atoms with Gasteiger partial charge in [0.05, 0.1) is 6.04 Å². The largest absolute Gasteiger partial charge is 0.459 e. The molecule has 3 N–H and O–H groups in total. The van der Waals surface area contributed by atoms with E-state index in [-0.39, 0.29) is 55.2 Å². The maximum Gasteiger partial charge on any atom is 0.408 e. The summed E-state index contributed by atoms with van der Waals surface area (Å²) in [5, 5.41) is 2.55. The zero-order chi connectivity index (χ0) is 44.3. The van der Waals surface area contributed by atoms with Crippen LogP contribution in [0.2, 0.25) is 0 Å². The Balaban J connectivity index is 0.000000275. The van der Waals surface area contributed by atoms with Crippen LogP contribution in [-0.2, 0) is 56.2 Å². The molecule has 4 heterocycles. The maximum atomic E-state index is 13.4. The standard InChI is InChI=1S/C25H35N3O6.C20H27N3O4.ClH/c1-17(26-24(32)34-25(2,3)4)21(29)27-14-8-12-19(27)22(30)28-15-9-13-20(28)23(31)33-16-18-10-6-5-7-11-18;1-14(21)18(24)22-11-5-9-16(22)19(25)23-12-6-10-17(23)20(26)27-13-15-7-3-2-4-8-15;/h5-7,10-11,17,19-20H,8-9,12-16H2,1-4H3,(H,26,32);2-4,7-8,14,16-17H,5-6,9-13,21H2,1H3;1H/t17-,19-,20-;14-,16-,17-;/m00./s1. The summed E-state index contributed by atoms with van der Waals surface area (Å²) < 4.78 is 16.1. The minimum atomic E-state index is -0.839. The summed E-state index contributed by atoms with van der Waals surface area (Å²) in [5.41, 5.74) is 6.82. The highest BCUT2D eigenvalue weighted by atomic mass is 35.5. The summed E-state index contributed by atoms with van der Waals surface area (Å²) in [6.07, 6.45) is 4.48. The third kappa shape index (κ3) is 13.1. The molecule has 0 saturated carbocycles. The number of amides is 5. The highest BCUT2D eigenvalue weighted by Crippen LogP contribution is 2.28. The van der Waals surface area contributed by atoms with Gasteiger partial charge in [-0.15, -0.1) is 12.4 Å². The van der Waals surface area contributed by atoms with Crippen molar-refractivity contribution in [1.82, 2.24) is 24.9 Å². The molecule has 17 heteroatoms. The van der Waals surface area contributed by atoms with Gasteiger partial charge in [0.2, 0.25) is 23.6 Å². The van der Waals surface area contributed by atoms with Crippen LogP contribution in [0.5, 0.6) is 0 Å². The molecule has 16 nitrogen and oxygen atoms in total. The molecule has 4 aliphatic rings. The highest BCUT2D eigenvalue weighted by molar-refractivity contribution is 5.94. The quantitative estimate of drug-likeness (QED) is 0.243. The van der Waals surface area contributed by atoms with Gasteiger partial charge in [-0.05, 0) is 97.1 Å². The first-order valence-electron chi connectivity index (χ1n) is 21.4. The van der Waals surface area contributed by atoms with Gasteiger partial charge in [-0.25, -0.2) is 14.4 Å². The Morgan fingerprint density at radius 2 is 0.984 bits per heavy atom. The third-order valence-electron chi connectivity index (χ3n) is 11.2. The molecule has 0 unspecified atom stereocenters. The number of carbonyl (C=O) groups excluding carboxylic acids is 7. The molecule has 4 fully saturated rings. The van der Waals surface area contributed by atoms with Crippen molar-refractivity contribution in [3.8, 4) is 0 Å². The fourth-order valence-electron chi connectivity index (χ4n) is 8.21. The summed E-state index contributed by atoms with van der Waals surface area (Å²) in [6, 6.07) is 15.0. The number of nitrogens with zero attached hydrogens (tertiary/aromatic N) is 4. The second-order valence-electron chi connectivity index (χ2n) is 17.1. The fraction of sp³-hybridized carbons (Fsp3) is 0.578. The van der Waals surface area contributed by atoms with Crippen molar-refractivity contribution in [3.63, 3.8) is 0 Å². The first-order valence-corrected chi connectivity index (χ1v) is 21.4. The zero-order valence-corrected chi connectivity index (χ0v) is 37.3. The second-order valence-corrected chi connectivity index (χ2v) is 17.1. The molecular weight excluding hydrogens is 820 g/mol. The van der Waals surface area contributed by atoms with Crippen LogP contribution in [0.4, 0.5) is 4.79 Å². The molecule has 5 amide bonds. The van der Waals surface area contributed by atoms with E-state index in [9.17, 15) is 33.6 Å². The predicted octanol–water partition coefficient (Wildman–Crippen LogP) is 4.11. The molecule has 2 aromatic rings. The van der Waals surface area contributed by atoms with E-state index in [1.54, 1.807) is 49.3 Å². The van der Waals surface area contributed by atoms with E-state index in [4.69, 9.17) is 19.9 Å². The Kier molecular flexibility index (Phi) is 18.1. The lowest BCUT2D eigenvalue weighted by Gasteiger charge is -2.32. The van der Waals surface area contributed by atoms with E-state index < -0.39 is 53.9 Å². The van der Waals surface area contributed by atoms with Gasteiger partial charge >= 0.3 is 18.0 Å². The van der Waals surface area contributed by atoms with Crippen molar-refractivity contribution in [2.24, 2.45) is 5.73 Å². The van der Waals surface area contributed by atoms with Gasteiger partial charge in [-0.1, -0.05) is 60.7 Å². The van der Waals surface area contributed by atoms with Gasteiger partial charge in [0.1, 0.15) is 49.0 Å². The Morgan fingerprint density at radius 3 is 1.37 bits per heavy atom. The lowest BCUT2D eigenvalue weighted by molar-refractivity contribution is -0.156. The Hall–Kier alpha value is -5.22. The number of esters is 2. The number of ether oxygens (including phenoxy) is 3. The fourth-order valence-corrected chi connectivity index (χ4v) is 8.21. The summed E-state index contributed by atoms with van der Waals surface area (Å²) >= 11 is 0. The third-order valence-corrected chi connectivity index (χ3v) is 11.2. The number of nitrogens with two attached hydrogens (primary N) is 1. The number of hydrogen-bond acceptors (Lipinski definition) is 11. The number of likely N-dealkylation sites (tertiary alicyclic amines) is 4. The van der Waals surface area contributed by atoms with Crippen LogP contribution < -0.4 is 11.1 Å². The lowest BCUT2D eigenvalue weighted by atomic mass is 10.1. The molecule has 6 rings (SSSR count). The van der Waals surface area contributed by atoms with E-state index in [2.05, 4.69) is 5.32 Å². The topological polar surface area (TPSA) is 198 Å². The van der Waals surface area contributed by atoms with Gasteiger partial charge in [-0.3, -0.25) is 19.2 Å². The molecular formula is C45H63ClN6O10. The van der Waals surface area contributed by atoms with Crippen molar-refractivity contribution in [3.05, 3.63) is 71.8 Å². The van der Waals surface area contributed by atoms with Crippen LogP contribution in [0, 0.1) is 0 Å². The van der Waals surface area contributed by atoms with Gasteiger partial charge in [-0.2, -0.15) is 0 Å². The number of nitrogens with one attached hydrogen (secondary N) is 1. The van der Waals surface area contributed by atoms with E-state index in [1.165, 1.54) is 4.90 Å². The average molecular weight is 883 g/mol. The van der Waals surface area contributed by atoms with Gasteiger partial charge in [0.25, 0.3) is 0 Å². The molecule has 0 aromatic heterocycles. The molecule has 4 saturated heterocycles. The molecule has 6 atom stereocenters. The number of hydrogen-bond donors (Lipinski definition) is 2. The van der Waals surface area contributed by atoms with E-state index in [1.807, 2.05) is 60.7 Å². The molecule has 340 valence electrons. The molecule has 0 spiro atoms. The minimum Gasteiger partial charge on any atom is -0.459 e. The summed E-state index contributed by atoms with van der Waals surface area (Å²) in [7, 11) is 0. The monoisotopic (exact) mass is 882 g/mol. The van der Waals surface area contributed by atoms with Gasteiger partial charge < -0.3 is 44.9 Å². The molecule has 0 bridgehead atoms. The number of alkyl carbamates (subject to hydrolysis) is 1. The first kappa shape index (κ1) is 49.4. The van der Waals surface area contributed by atoms with Crippen LogP contribution in [-0.4, -0.2) is 129 Å². The number of carbonyl (C=O) groups is 7. The van der Waals surface area contributed by atoms with Crippen LogP contribution in [0.25, 0.3) is 0 Å². The normalized spacial score (nSPS) is 21.8. The Bertz CT molecular complexity index is 1860. The van der Waals surface area contributed by atoms with E-state index >= 15 is 0 Å². The Labute approximate surface area is 370 Å². The molecule has 0 aliphatic carbocycles. The Morgan fingerprint density at radius 1 is 0.613 bits per heavy atom. The number of halogens is 1. The number of benzene rings is 2. The van der Waals surface area contributed by atoms with Crippen molar-refractivity contribution in [2.75, 3.05) is 26.2 Å². The van der Waals surface area contributed by atoms with Crippen molar-refractivity contribution in [2.45, 2.75) is 141 Å². The zero-order valence-electron chi connectivity index (χ0n) is 36.5. The minimum absolute atomic E-state index is 0. The van der Waals surface area contributed by atoms with Crippen LogP contribution >= 0.6 is 12.4 Å². The molecule has 62 heavy (non-hydrogen) atoms. The van der Waals surface area contributed by atoms with Crippen LogP contribution in [0.1, 0.15) is 97.1 Å². The van der Waals surface area contributed by atoms with Gasteiger partial charge in [0.15, 0.2) is 0 Å². The summed E-state index contributed by atoms with van der Waals surface area (Å²) in [6.45, 7) is 10.7. The summed E-state index contributed by atoms with van der Waals surface area (Å²) in [5.74, 6) is -1.77. The van der Waals surface area contributed by atoms with Crippen molar-refractivity contribution < 1.29 is 47.8 Å². The first-order chi connectivity index (χ1) is 29.1. The van der Waals surface area contributed by atoms with Crippen LogP contribution in [0.3, 0.4) is 0 Å². The molecule has 4 aliphatic heterocycles. The second kappa shape index (κ2) is 22.7. The SMILES string of the molecule is C[C@H](N)C(=O)N1CCC[C@H]1C(=O)N1CCC[C@H]1C(=O)OCc1ccccc1.C[C@H](NC(=O)OC(C)(C)C)C(=O)N1CCC[C@H]1C(=O)N1CCC[C@H]1C(=O)OCc1ccccc1.Cl. The highest BCUT2D eigenvalue weighted by Gasteiger charge is 2.45. The summed E-state index contributed by atoms with van der Waals surface area (Å²) in [4.78, 5) is 95.4. The molecule has 2 aromatic carbocycles. The smallest absolute Gasteiger partial charge is 0.408 e. The predicted molar refractivity (Wildman–Crippen MR) is 231 cm³/mol. The molecule has 0 radical (unpaired) electrons. The van der Waals surface area contributed by atoms with E-state index in [0.717, 1.165) is 24.0 Å². The maximum absolute atomic E-state index is 13.4.